The summed E-state index contributed by atoms with van der Waals surface area (Å²) in [5.41, 5.74) is 7.55. The van der Waals surface area contributed by atoms with Crippen LogP contribution in [0.5, 0.6) is 0 Å². The van der Waals surface area contributed by atoms with Gasteiger partial charge < -0.3 is 0 Å². The molecule has 3 rings (SSSR count). The molecule has 0 saturated heterocycles. The minimum absolute atomic E-state index is 0.104. The van der Waals surface area contributed by atoms with Gasteiger partial charge in [0.05, 0.1) is 0 Å². The van der Waals surface area contributed by atoms with Gasteiger partial charge in [0.15, 0.2) is 0 Å². The van der Waals surface area contributed by atoms with Gasteiger partial charge in [0, 0.05) is 16.9 Å². The molecule has 0 amide bonds. The minimum Gasteiger partial charge on any atom is -0.117 e. The fourth-order valence-electron chi connectivity index (χ4n) is 2.78. The third-order valence-electron chi connectivity index (χ3n) is 3.87. The van der Waals surface area contributed by atoms with Gasteiger partial charge in [-0.2, -0.15) is 0 Å². The van der Waals surface area contributed by atoms with Gasteiger partial charge in [-0.15, -0.1) is 5.73 Å². The molecular weight excluding hydrogens is 204 g/mol. The van der Waals surface area contributed by atoms with Crippen molar-refractivity contribution in [3.63, 3.8) is 0 Å². The van der Waals surface area contributed by atoms with Crippen LogP contribution in [0, 0.1) is 5.41 Å². The van der Waals surface area contributed by atoms with E-state index >= 15 is 0 Å². The Hall–Kier alpha value is -1.78. The van der Waals surface area contributed by atoms with Gasteiger partial charge in [0.1, 0.15) is 0 Å². The van der Waals surface area contributed by atoms with Crippen LogP contribution >= 0.6 is 0 Å². The summed E-state index contributed by atoms with van der Waals surface area (Å²) in [5, 5.41) is 0. The molecule has 1 atom stereocenters. The molecule has 0 bridgehead atoms. The van der Waals surface area contributed by atoms with Gasteiger partial charge in [0.25, 0.3) is 0 Å². The predicted octanol–water partition coefficient (Wildman–Crippen LogP) is 4.47. The zero-order chi connectivity index (χ0) is 11.9. The quantitative estimate of drug-likeness (QED) is 0.645. The maximum Gasteiger partial charge on any atom is 0.0125 e. The summed E-state index contributed by atoms with van der Waals surface area (Å²) >= 11 is 0. The average molecular weight is 220 g/mol. The van der Waals surface area contributed by atoms with E-state index in [2.05, 4.69) is 68.1 Å². The summed E-state index contributed by atoms with van der Waals surface area (Å²) in [6.07, 6.45) is 10.8. The maximum atomic E-state index is 3.35. The van der Waals surface area contributed by atoms with Crippen LogP contribution in [0.1, 0.15) is 30.9 Å². The number of allylic oxidation sites excluding steroid dienone is 4. The van der Waals surface area contributed by atoms with Crippen LogP contribution in [-0.2, 0) is 0 Å². The van der Waals surface area contributed by atoms with Crippen LogP contribution in [0.3, 0.4) is 0 Å². The first-order valence-corrected chi connectivity index (χ1v) is 6.10. The summed E-state index contributed by atoms with van der Waals surface area (Å²) < 4.78 is 0. The van der Waals surface area contributed by atoms with Gasteiger partial charge in [0.2, 0.25) is 0 Å². The van der Waals surface area contributed by atoms with E-state index in [0.717, 1.165) is 0 Å². The first kappa shape index (κ1) is 10.4. The Morgan fingerprint density at radius 3 is 2.71 bits per heavy atom. The molecule has 2 aliphatic carbocycles. The van der Waals surface area contributed by atoms with E-state index in [1.54, 1.807) is 0 Å². The van der Waals surface area contributed by atoms with Crippen LogP contribution < -0.4 is 0 Å². The minimum atomic E-state index is 0.104. The lowest BCUT2D eigenvalue weighted by Gasteiger charge is -2.31. The van der Waals surface area contributed by atoms with E-state index in [1.165, 1.54) is 16.7 Å². The normalized spacial score (nSPS) is 20.8. The van der Waals surface area contributed by atoms with Gasteiger partial charge in [-0.05, 0) is 17.2 Å². The van der Waals surface area contributed by atoms with E-state index in [9.17, 15) is 0 Å². The highest BCUT2D eigenvalue weighted by molar-refractivity contribution is 5.63. The molecule has 0 aromatic heterocycles. The Kier molecular flexibility index (Phi) is 2.21. The highest BCUT2D eigenvalue weighted by Crippen LogP contribution is 2.47. The SMILES string of the molecule is CC(C)(C1=C=CC=C1)C1C=Cc2ccccc21. The molecule has 17 heavy (non-hydrogen) atoms. The Balaban J connectivity index is 2.05. The molecule has 0 spiro atoms. The Bertz CT molecular complexity index is 576. The summed E-state index contributed by atoms with van der Waals surface area (Å²) in [4.78, 5) is 0. The van der Waals surface area contributed by atoms with Gasteiger partial charge in [-0.1, -0.05) is 62.4 Å². The molecule has 0 saturated carbocycles. The van der Waals surface area contributed by atoms with Crippen LogP contribution in [0.4, 0.5) is 0 Å². The van der Waals surface area contributed by atoms with E-state index in [4.69, 9.17) is 0 Å². The van der Waals surface area contributed by atoms with E-state index in [1.807, 2.05) is 6.08 Å². The Morgan fingerprint density at radius 1 is 1.12 bits per heavy atom. The van der Waals surface area contributed by atoms with Crippen molar-refractivity contribution < 1.29 is 0 Å². The zero-order valence-electron chi connectivity index (χ0n) is 10.3. The van der Waals surface area contributed by atoms with Gasteiger partial charge in [-0.25, -0.2) is 0 Å². The zero-order valence-corrected chi connectivity index (χ0v) is 10.3. The molecule has 2 aliphatic rings. The number of hydrogen-bond donors (Lipinski definition) is 0. The number of fused-ring (bicyclic) bond motifs is 1. The van der Waals surface area contributed by atoms with Crippen LogP contribution in [-0.4, -0.2) is 0 Å². The van der Waals surface area contributed by atoms with E-state index in [-0.39, 0.29) is 5.41 Å². The maximum absolute atomic E-state index is 3.35. The topological polar surface area (TPSA) is 0 Å². The molecule has 0 N–H and O–H groups in total. The molecule has 0 aliphatic heterocycles. The number of hydrogen-bond acceptors (Lipinski definition) is 0. The fraction of sp³-hybridized carbons (Fsp3) is 0.235. The van der Waals surface area contributed by atoms with E-state index in [0.29, 0.717) is 5.92 Å². The monoisotopic (exact) mass is 220 g/mol. The smallest absolute Gasteiger partial charge is 0.0125 e. The van der Waals surface area contributed by atoms with Crippen molar-refractivity contribution in [2.24, 2.45) is 5.41 Å². The molecule has 0 radical (unpaired) electrons. The van der Waals surface area contributed by atoms with Crippen molar-refractivity contribution in [3.05, 3.63) is 71.0 Å². The molecule has 0 heteroatoms. The Morgan fingerprint density at radius 2 is 1.94 bits per heavy atom. The summed E-state index contributed by atoms with van der Waals surface area (Å²) in [5.74, 6) is 0.456. The predicted molar refractivity (Wildman–Crippen MR) is 72.7 cm³/mol. The molecular formula is C17H16. The Labute approximate surface area is 103 Å². The largest absolute Gasteiger partial charge is 0.117 e. The standard InChI is InChI=1S/C17H16/c1-17(2,14-8-4-5-9-14)16-12-11-13-7-3-6-10-15(13)16/h3-8,10-12,16H,1-2H3. The first-order chi connectivity index (χ1) is 8.19. The van der Waals surface area contributed by atoms with Crippen molar-refractivity contribution in [2.75, 3.05) is 0 Å². The molecule has 0 nitrogen and oxygen atoms in total. The third kappa shape index (κ3) is 1.53. The first-order valence-electron chi connectivity index (χ1n) is 6.10. The second-order valence-electron chi connectivity index (χ2n) is 5.27. The second kappa shape index (κ2) is 3.61. The summed E-state index contributed by atoms with van der Waals surface area (Å²) in [6, 6.07) is 8.66. The molecule has 0 fully saturated rings. The lowest BCUT2D eigenvalue weighted by atomic mass is 9.71. The molecule has 84 valence electrons. The van der Waals surface area contributed by atoms with Crippen molar-refractivity contribution in [1.29, 1.82) is 0 Å². The summed E-state index contributed by atoms with van der Waals surface area (Å²) in [6.45, 7) is 4.60. The van der Waals surface area contributed by atoms with Gasteiger partial charge >= 0.3 is 0 Å². The lowest BCUT2D eigenvalue weighted by molar-refractivity contribution is 0.411. The molecule has 0 heterocycles. The molecule has 1 unspecified atom stereocenters. The van der Waals surface area contributed by atoms with E-state index < -0.39 is 0 Å². The van der Waals surface area contributed by atoms with Gasteiger partial charge in [-0.3, -0.25) is 0 Å². The molecule has 1 aromatic rings. The van der Waals surface area contributed by atoms with Crippen molar-refractivity contribution in [2.45, 2.75) is 19.8 Å². The highest BCUT2D eigenvalue weighted by Gasteiger charge is 2.35. The number of benzene rings is 1. The highest BCUT2D eigenvalue weighted by atomic mass is 14.4. The van der Waals surface area contributed by atoms with Crippen molar-refractivity contribution in [1.82, 2.24) is 0 Å². The molecule has 1 aromatic carbocycles. The summed E-state index contributed by atoms with van der Waals surface area (Å²) in [7, 11) is 0. The van der Waals surface area contributed by atoms with Crippen LogP contribution in [0.2, 0.25) is 0 Å². The fourth-order valence-corrected chi connectivity index (χ4v) is 2.78. The van der Waals surface area contributed by atoms with Crippen molar-refractivity contribution >= 4 is 6.08 Å². The van der Waals surface area contributed by atoms with Crippen LogP contribution in [0.25, 0.3) is 6.08 Å². The number of rotatable bonds is 2. The lowest BCUT2D eigenvalue weighted by Crippen LogP contribution is -2.21. The average Bonchev–Trinajstić information content (AvgIpc) is 2.99. The third-order valence-corrected chi connectivity index (χ3v) is 3.87. The second-order valence-corrected chi connectivity index (χ2v) is 5.27. The van der Waals surface area contributed by atoms with Crippen LogP contribution in [0.15, 0.2) is 59.9 Å². The van der Waals surface area contributed by atoms with Crippen molar-refractivity contribution in [3.8, 4) is 0 Å².